The zero-order valence-electron chi connectivity index (χ0n) is 15.1. The van der Waals surface area contributed by atoms with Crippen LogP contribution in [0.5, 0.6) is 0 Å². The summed E-state index contributed by atoms with van der Waals surface area (Å²) in [4.78, 5) is 14.4. The van der Waals surface area contributed by atoms with E-state index in [0.29, 0.717) is 18.3 Å². The van der Waals surface area contributed by atoms with Gasteiger partial charge in [-0.2, -0.15) is 0 Å². The van der Waals surface area contributed by atoms with Gasteiger partial charge in [-0.3, -0.25) is 9.69 Å². The number of benzene rings is 1. The molecule has 130 valence electrons. The van der Waals surface area contributed by atoms with Gasteiger partial charge < -0.3 is 9.73 Å². The van der Waals surface area contributed by atoms with Gasteiger partial charge in [0, 0.05) is 18.6 Å². The van der Waals surface area contributed by atoms with Gasteiger partial charge in [0.15, 0.2) is 5.76 Å². The first kappa shape index (κ1) is 18.3. The van der Waals surface area contributed by atoms with E-state index in [0.717, 1.165) is 18.7 Å². The van der Waals surface area contributed by atoms with Crippen LogP contribution in [-0.4, -0.2) is 22.9 Å². The second kappa shape index (κ2) is 8.69. The van der Waals surface area contributed by atoms with Crippen LogP contribution in [0.1, 0.15) is 56.0 Å². The van der Waals surface area contributed by atoms with E-state index in [1.54, 1.807) is 6.07 Å². The average molecular weight is 328 g/mol. The number of nitrogens with zero attached hydrogens (tertiary/aromatic N) is 1. The SMILES string of the molecule is CCC(C)NC(=O)c1ccc(CN(Cc2ccccc2)C(C)C)o1. The number of hydrogen-bond donors (Lipinski definition) is 1. The van der Waals surface area contributed by atoms with Crippen LogP contribution in [0.25, 0.3) is 0 Å². The number of amides is 1. The monoisotopic (exact) mass is 328 g/mol. The summed E-state index contributed by atoms with van der Waals surface area (Å²) in [6.07, 6.45) is 0.900. The Morgan fingerprint density at radius 3 is 2.42 bits per heavy atom. The van der Waals surface area contributed by atoms with Gasteiger partial charge in [-0.05, 0) is 44.9 Å². The number of nitrogens with one attached hydrogen (secondary N) is 1. The summed E-state index contributed by atoms with van der Waals surface area (Å²) >= 11 is 0. The van der Waals surface area contributed by atoms with Crippen molar-refractivity contribution in [1.29, 1.82) is 0 Å². The van der Waals surface area contributed by atoms with Crippen LogP contribution >= 0.6 is 0 Å². The predicted molar refractivity (Wildman–Crippen MR) is 96.8 cm³/mol. The van der Waals surface area contributed by atoms with E-state index in [1.165, 1.54) is 5.56 Å². The van der Waals surface area contributed by atoms with Crippen molar-refractivity contribution in [3.05, 3.63) is 59.5 Å². The number of rotatable bonds is 8. The van der Waals surface area contributed by atoms with Crippen LogP contribution in [0.2, 0.25) is 0 Å². The number of hydrogen-bond acceptors (Lipinski definition) is 3. The highest BCUT2D eigenvalue weighted by Crippen LogP contribution is 2.16. The molecule has 1 unspecified atom stereocenters. The van der Waals surface area contributed by atoms with Crippen LogP contribution in [0.3, 0.4) is 0 Å². The van der Waals surface area contributed by atoms with Gasteiger partial charge in [-0.25, -0.2) is 0 Å². The fourth-order valence-electron chi connectivity index (χ4n) is 2.42. The molecule has 0 spiro atoms. The van der Waals surface area contributed by atoms with Crippen LogP contribution in [0.15, 0.2) is 46.9 Å². The molecule has 1 amide bonds. The molecule has 2 aromatic rings. The lowest BCUT2D eigenvalue weighted by molar-refractivity contribution is 0.0906. The summed E-state index contributed by atoms with van der Waals surface area (Å²) in [5, 5.41) is 2.93. The Hall–Kier alpha value is -2.07. The molecule has 2 rings (SSSR count). The zero-order chi connectivity index (χ0) is 17.5. The summed E-state index contributed by atoms with van der Waals surface area (Å²) in [5.41, 5.74) is 1.27. The summed E-state index contributed by atoms with van der Waals surface area (Å²) in [6.45, 7) is 9.91. The van der Waals surface area contributed by atoms with Gasteiger partial charge in [0.05, 0.1) is 6.54 Å². The first-order valence-corrected chi connectivity index (χ1v) is 8.67. The van der Waals surface area contributed by atoms with Crippen LogP contribution in [0, 0.1) is 0 Å². The lowest BCUT2D eigenvalue weighted by Crippen LogP contribution is -2.31. The maximum absolute atomic E-state index is 12.1. The Balaban J connectivity index is 2.01. The van der Waals surface area contributed by atoms with Crippen molar-refractivity contribution in [3.8, 4) is 0 Å². The summed E-state index contributed by atoms with van der Waals surface area (Å²) in [6, 6.07) is 14.6. The molecule has 0 saturated carbocycles. The third kappa shape index (κ3) is 5.24. The number of carbonyl (C=O) groups is 1. The van der Waals surface area contributed by atoms with Crippen LogP contribution in [0.4, 0.5) is 0 Å². The van der Waals surface area contributed by atoms with Crippen LogP contribution < -0.4 is 5.32 Å². The molecular formula is C20H28N2O2. The van der Waals surface area contributed by atoms with Gasteiger partial charge in [-0.15, -0.1) is 0 Å². The quantitative estimate of drug-likeness (QED) is 0.789. The minimum atomic E-state index is -0.144. The van der Waals surface area contributed by atoms with E-state index >= 15 is 0 Å². The molecule has 0 aliphatic rings. The van der Waals surface area contributed by atoms with Crippen molar-refractivity contribution in [2.45, 2.75) is 59.3 Å². The van der Waals surface area contributed by atoms with E-state index in [4.69, 9.17) is 4.42 Å². The second-order valence-electron chi connectivity index (χ2n) is 6.53. The second-order valence-corrected chi connectivity index (χ2v) is 6.53. The molecule has 0 saturated heterocycles. The maximum atomic E-state index is 12.1. The highest BCUT2D eigenvalue weighted by atomic mass is 16.4. The van der Waals surface area contributed by atoms with Crippen molar-refractivity contribution in [2.75, 3.05) is 0 Å². The zero-order valence-corrected chi connectivity index (χ0v) is 15.1. The lowest BCUT2D eigenvalue weighted by Gasteiger charge is -2.25. The van der Waals surface area contributed by atoms with E-state index in [2.05, 4.69) is 48.3 Å². The van der Waals surface area contributed by atoms with Crippen molar-refractivity contribution in [1.82, 2.24) is 10.2 Å². The highest BCUT2D eigenvalue weighted by molar-refractivity contribution is 5.91. The molecule has 0 aliphatic heterocycles. The van der Waals surface area contributed by atoms with Gasteiger partial charge in [0.1, 0.15) is 5.76 Å². The summed E-state index contributed by atoms with van der Waals surface area (Å²) in [7, 11) is 0. The van der Waals surface area contributed by atoms with Crippen molar-refractivity contribution in [2.24, 2.45) is 0 Å². The molecule has 4 heteroatoms. The highest BCUT2D eigenvalue weighted by Gasteiger charge is 2.16. The molecular weight excluding hydrogens is 300 g/mol. The average Bonchev–Trinajstić information content (AvgIpc) is 3.03. The van der Waals surface area contributed by atoms with Gasteiger partial charge >= 0.3 is 0 Å². The Kier molecular flexibility index (Phi) is 6.62. The normalized spacial score (nSPS) is 12.6. The number of carbonyl (C=O) groups excluding carboxylic acids is 1. The fraction of sp³-hybridized carbons (Fsp3) is 0.450. The topological polar surface area (TPSA) is 45.5 Å². The third-order valence-electron chi connectivity index (χ3n) is 4.19. The first-order chi connectivity index (χ1) is 11.5. The summed E-state index contributed by atoms with van der Waals surface area (Å²) < 4.78 is 5.76. The van der Waals surface area contributed by atoms with Crippen molar-refractivity contribution < 1.29 is 9.21 Å². The fourth-order valence-corrected chi connectivity index (χ4v) is 2.42. The molecule has 0 bridgehead atoms. The van der Waals surface area contributed by atoms with E-state index < -0.39 is 0 Å². The van der Waals surface area contributed by atoms with Gasteiger partial charge in [-0.1, -0.05) is 37.3 Å². The van der Waals surface area contributed by atoms with E-state index in [1.807, 2.05) is 26.0 Å². The molecule has 1 heterocycles. The maximum Gasteiger partial charge on any atom is 0.287 e. The Morgan fingerprint density at radius 1 is 1.08 bits per heavy atom. The molecule has 1 aromatic heterocycles. The molecule has 0 aliphatic carbocycles. The minimum Gasteiger partial charge on any atom is -0.455 e. The van der Waals surface area contributed by atoms with Gasteiger partial charge in [0.2, 0.25) is 0 Å². The Morgan fingerprint density at radius 2 is 1.79 bits per heavy atom. The van der Waals surface area contributed by atoms with Crippen molar-refractivity contribution in [3.63, 3.8) is 0 Å². The lowest BCUT2D eigenvalue weighted by atomic mass is 10.2. The molecule has 1 N–H and O–H groups in total. The third-order valence-corrected chi connectivity index (χ3v) is 4.19. The van der Waals surface area contributed by atoms with Crippen molar-refractivity contribution >= 4 is 5.91 Å². The molecule has 0 radical (unpaired) electrons. The summed E-state index contributed by atoms with van der Waals surface area (Å²) in [5.74, 6) is 1.05. The minimum absolute atomic E-state index is 0.144. The number of furan rings is 1. The molecule has 1 atom stereocenters. The smallest absolute Gasteiger partial charge is 0.287 e. The Labute approximate surface area is 144 Å². The Bertz CT molecular complexity index is 634. The standard InChI is InChI=1S/C20H28N2O2/c1-5-16(4)21-20(23)19-12-11-18(24-19)14-22(15(2)3)13-17-9-7-6-8-10-17/h6-12,15-16H,5,13-14H2,1-4H3,(H,21,23). The largest absolute Gasteiger partial charge is 0.455 e. The first-order valence-electron chi connectivity index (χ1n) is 8.67. The molecule has 0 fully saturated rings. The predicted octanol–water partition coefficient (Wildman–Crippen LogP) is 4.22. The molecule has 1 aromatic carbocycles. The van der Waals surface area contributed by atoms with Gasteiger partial charge in [0.25, 0.3) is 5.91 Å². The molecule has 24 heavy (non-hydrogen) atoms. The van der Waals surface area contributed by atoms with E-state index in [9.17, 15) is 4.79 Å². The van der Waals surface area contributed by atoms with Crippen LogP contribution in [-0.2, 0) is 13.1 Å². The van der Waals surface area contributed by atoms with E-state index in [-0.39, 0.29) is 11.9 Å². The molecule has 4 nitrogen and oxygen atoms in total.